The molecule has 1 unspecified atom stereocenters. The quantitative estimate of drug-likeness (QED) is 0.221. The number of carbonyl (C=O) groups excluding carboxylic acids is 1. The first kappa shape index (κ1) is 25.4. The smallest absolute Gasteiger partial charge is 0.252 e. The van der Waals surface area contributed by atoms with E-state index in [9.17, 15) is 9.18 Å². The van der Waals surface area contributed by atoms with Crippen molar-refractivity contribution in [2.24, 2.45) is 0 Å². The standard InChI is InChI=1S/C25H28FN5O2S/c1-5-8-23(17-13-20(15-28-14-17)34-33-27-4)30-25(32)21(6-2)22-16-29-31(24(22)7-3)19-11-9-18(26)10-12-19/h6-7,9-16,23,27H,3,5,8H2,1-2,4H3,(H,30,32)/b21-6+. The highest BCUT2D eigenvalue weighted by Crippen LogP contribution is 2.27. The van der Waals surface area contributed by atoms with E-state index in [0.29, 0.717) is 22.5 Å². The van der Waals surface area contributed by atoms with Crippen LogP contribution >= 0.6 is 12.0 Å². The van der Waals surface area contributed by atoms with Gasteiger partial charge in [-0.3, -0.25) is 9.78 Å². The van der Waals surface area contributed by atoms with E-state index >= 15 is 0 Å². The van der Waals surface area contributed by atoms with Crippen molar-refractivity contribution in [1.29, 1.82) is 0 Å². The Balaban J connectivity index is 1.87. The third-order valence-electron chi connectivity index (χ3n) is 5.14. The van der Waals surface area contributed by atoms with E-state index in [2.05, 4.69) is 34.4 Å². The Hall–Kier alpha value is -3.27. The molecule has 0 saturated carbocycles. The van der Waals surface area contributed by atoms with Gasteiger partial charge < -0.3 is 5.32 Å². The van der Waals surface area contributed by atoms with Crippen molar-refractivity contribution in [3.63, 3.8) is 0 Å². The van der Waals surface area contributed by atoms with Gasteiger partial charge in [0, 0.05) is 30.6 Å². The lowest BCUT2D eigenvalue weighted by molar-refractivity contribution is -0.116. The molecule has 0 saturated heterocycles. The Labute approximate surface area is 203 Å². The van der Waals surface area contributed by atoms with E-state index in [-0.39, 0.29) is 17.8 Å². The Bertz CT molecular complexity index is 1160. The number of hydrogen-bond donors (Lipinski definition) is 2. The van der Waals surface area contributed by atoms with E-state index in [1.54, 1.807) is 61.5 Å². The van der Waals surface area contributed by atoms with E-state index in [4.69, 9.17) is 4.28 Å². The SMILES string of the molecule is C=Cc1c(/C(=C\C)C(=O)NC(CCC)c2cncc(SONC)c2)cnn1-c1ccc(F)cc1. The minimum absolute atomic E-state index is 0.227. The molecule has 3 rings (SSSR count). The largest absolute Gasteiger partial charge is 0.345 e. The molecule has 2 aromatic heterocycles. The van der Waals surface area contributed by atoms with Gasteiger partial charge in [-0.1, -0.05) is 26.0 Å². The Kier molecular flexibility index (Phi) is 9.15. The molecule has 9 heteroatoms. The first-order valence-electron chi connectivity index (χ1n) is 10.9. The van der Waals surface area contributed by atoms with Gasteiger partial charge in [-0.05, 0) is 55.3 Å². The first-order valence-corrected chi connectivity index (χ1v) is 11.7. The van der Waals surface area contributed by atoms with Crippen LogP contribution in [0.5, 0.6) is 0 Å². The van der Waals surface area contributed by atoms with Crippen LogP contribution in [0.3, 0.4) is 0 Å². The van der Waals surface area contributed by atoms with Gasteiger partial charge in [0.15, 0.2) is 0 Å². The number of nitrogens with zero attached hydrogens (tertiary/aromatic N) is 3. The lowest BCUT2D eigenvalue weighted by Gasteiger charge is -2.20. The van der Waals surface area contributed by atoms with Crippen molar-refractivity contribution in [3.8, 4) is 5.69 Å². The fourth-order valence-corrected chi connectivity index (χ4v) is 4.03. The highest BCUT2D eigenvalue weighted by atomic mass is 32.2. The lowest BCUT2D eigenvalue weighted by atomic mass is 10.0. The predicted molar refractivity (Wildman–Crippen MR) is 133 cm³/mol. The van der Waals surface area contributed by atoms with E-state index in [1.807, 2.05) is 6.07 Å². The molecule has 1 atom stereocenters. The van der Waals surface area contributed by atoms with E-state index < -0.39 is 0 Å². The van der Waals surface area contributed by atoms with Crippen LogP contribution in [0.1, 0.15) is 49.6 Å². The number of hydroxylamine groups is 1. The molecule has 1 aromatic carbocycles. The minimum atomic E-state index is -0.332. The minimum Gasteiger partial charge on any atom is -0.345 e. The Morgan fingerprint density at radius 1 is 1.29 bits per heavy atom. The van der Waals surface area contributed by atoms with Crippen LogP contribution in [0.15, 0.2) is 66.5 Å². The Morgan fingerprint density at radius 2 is 2.06 bits per heavy atom. The molecule has 0 bridgehead atoms. The maximum absolute atomic E-state index is 13.4. The van der Waals surface area contributed by atoms with Crippen molar-refractivity contribution < 1.29 is 13.5 Å². The number of aromatic nitrogens is 3. The molecule has 0 spiro atoms. The van der Waals surface area contributed by atoms with Gasteiger partial charge >= 0.3 is 0 Å². The summed E-state index contributed by atoms with van der Waals surface area (Å²) in [6.07, 6.45) is 10.1. The number of allylic oxidation sites excluding steroid dienone is 1. The maximum atomic E-state index is 13.4. The van der Waals surface area contributed by atoms with Gasteiger partial charge in [-0.25, -0.2) is 13.4 Å². The first-order chi connectivity index (χ1) is 16.5. The zero-order chi connectivity index (χ0) is 24.5. The third-order valence-corrected chi connectivity index (χ3v) is 5.80. The monoisotopic (exact) mass is 481 g/mol. The summed E-state index contributed by atoms with van der Waals surface area (Å²) in [6.45, 7) is 7.76. The number of benzene rings is 1. The summed E-state index contributed by atoms with van der Waals surface area (Å²) < 4.78 is 20.2. The molecule has 0 fully saturated rings. The molecule has 178 valence electrons. The molecule has 0 radical (unpaired) electrons. The molecular weight excluding hydrogens is 453 g/mol. The maximum Gasteiger partial charge on any atom is 0.252 e. The molecular formula is C25H28FN5O2S. The summed E-state index contributed by atoms with van der Waals surface area (Å²) >= 11 is 1.16. The predicted octanol–water partition coefficient (Wildman–Crippen LogP) is 5.27. The number of pyridine rings is 1. The fourth-order valence-electron chi connectivity index (χ4n) is 3.57. The highest BCUT2D eigenvalue weighted by molar-refractivity contribution is 7.94. The molecule has 2 N–H and O–H groups in total. The van der Waals surface area contributed by atoms with Crippen LogP contribution in [0.4, 0.5) is 4.39 Å². The molecule has 3 aromatic rings. The van der Waals surface area contributed by atoms with Crippen LogP contribution in [0.25, 0.3) is 17.3 Å². The van der Waals surface area contributed by atoms with E-state index in [1.165, 1.54) is 12.1 Å². The number of halogens is 1. The van der Waals surface area contributed by atoms with Gasteiger partial charge in [0.2, 0.25) is 0 Å². The topological polar surface area (TPSA) is 81.1 Å². The van der Waals surface area contributed by atoms with Crippen LogP contribution < -0.4 is 10.8 Å². The van der Waals surface area contributed by atoms with Crippen molar-refractivity contribution >= 4 is 29.6 Å². The van der Waals surface area contributed by atoms with E-state index in [0.717, 1.165) is 35.3 Å². The van der Waals surface area contributed by atoms with Crippen LogP contribution in [-0.4, -0.2) is 27.7 Å². The van der Waals surface area contributed by atoms with Gasteiger partial charge in [0.1, 0.15) is 5.82 Å². The molecule has 1 amide bonds. The van der Waals surface area contributed by atoms with Gasteiger partial charge in [-0.15, -0.1) is 0 Å². The number of hydrogen-bond acceptors (Lipinski definition) is 6. The van der Waals surface area contributed by atoms with Crippen molar-refractivity contribution in [1.82, 2.24) is 25.6 Å². The summed E-state index contributed by atoms with van der Waals surface area (Å²) in [5.74, 6) is -0.562. The number of rotatable bonds is 11. The summed E-state index contributed by atoms with van der Waals surface area (Å²) in [5.41, 5.74) is 5.93. The zero-order valence-electron chi connectivity index (χ0n) is 19.4. The molecule has 0 aliphatic heterocycles. The molecule has 0 aliphatic carbocycles. The van der Waals surface area contributed by atoms with Crippen LogP contribution in [0, 0.1) is 5.82 Å². The summed E-state index contributed by atoms with van der Waals surface area (Å²) in [7, 11) is 1.68. The fraction of sp³-hybridized carbons (Fsp3) is 0.240. The number of nitrogens with one attached hydrogen (secondary N) is 2. The third kappa shape index (κ3) is 5.99. The van der Waals surface area contributed by atoms with Gasteiger partial charge in [-0.2, -0.15) is 10.6 Å². The molecule has 2 heterocycles. The molecule has 0 aliphatic rings. The summed E-state index contributed by atoms with van der Waals surface area (Å²) in [4.78, 5) is 18.5. The average Bonchev–Trinajstić information content (AvgIpc) is 3.27. The average molecular weight is 482 g/mol. The Morgan fingerprint density at radius 3 is 2.71 bits per heavy atom. The van der Waals surface area contributed by atoms with Gasteiger partial charge in [0.05, 0.1) is 40.6 Å². The van der Waals surface area contributed by atoms with Crippen molar-refractivity contribution in [3.05, 3.63) is 84.2 Å². The number of carbonyl (C=O) groups is 1. The number of amides is 1. The second kappa shape index (κ2) is 12.3. The van der Waals surface area contributed by atoms with Crippen molar-refractivity contribution in [2.75, 3.05) is 7.05 Å². The highest BCUT2D eigenvalue weighted by Gasteiger charge is 2.22. The normalized spacial score (nSPS) is 12.4. The van der Waals surface area contributed by atoms with Gasteiger partial charge in [0.25, 0.3) is 5.91 Å². The van der Waals surface area contributed by atoms with Crippen LogP contribution in [0.2, 0.25) is 0 Å². The molecule has 7 nitrogen and oxygen atoms in total. The lowest BCUT2D eigenvalue weighted by Crippen LogP contribution is -2.29. The second-order valence-electron chi connectivity index (χ2n) is 7.38. The van der Waals surface area contributed by atoms with Crippen molar-refractivity contribution in [2.45, 2.75) is 37.6 Å². The second-order valence-corrected chi connectivity index (χ2v) is 8.18. The molecule has 34 heavy (non-hydrogen) atoms. The van der Waals surface area contributed by atoms with Crippen LogP contribution in [-0.2, 0) is 9.08 Å². The zero-order valence-corrected chi connectivity index (χ0v) is 20.2. The summed E-state index contributed by atoms with van der Waals surface area (Å²) in [5, 5.41) is 7.56. The summed E-state index contributed by atoms with van der Waals surface area (Å²) in [6, 6.07) is 7.71.